The number of hydrogen-bond donors (Lipinski definition) is 1. The van der Waals surface area contributed by atoms with Crippen LogP contribution in [0.15, 0.2) is 18.2 Å². The number of quaternary nitrogens is 1. The van der Waals surface area contributed by atoms with E-state index in [4.69, 9.17) is 9.47 Å². The summed E-state index contributed by atoms with van der Waals surface area (Å²) in [7, 11) is 1.59. The van der Waals surface area contributed by atoms with Gasteiger partial charge in [-0.25, -0.2) is 0 Å². The molecule has 0 saturated carbocycles. The summed E-state index contributed by atoms with van der Waals surface area (Å²) in [5.41, 5.74) is 0.638. The molecule has 1 aromatic carbocycles. The molecule has 0 amide bonds. The molecule has 4 nitrogen and oxygen atoms in total. The molecule has 0 saturated heterocycles. The SMILES string of the molecule is CC[NH+](CC)CCOc1ccc(C(C)=O)cc1OC. The van der Waals surface area contributed by atoms with Crippen molar-refractivity contribution in [1.29, 1.82) is 0 Å². The second-order valence-electron chi connectivity index (χ2n) is 4.48. The first-order valence-electron chi connectivity index (χ1n) is 6.77. The Kier molecular flexibility index (Phi) is 6.36. The third-order valence-corrected chi connectivity index (χ3v) is 3.28. The predicted octanol–water partition coefficient (Wildman–Crippen LogP) is 1.20. The number of likely N-dealkylation sites (N-methyl/N-ethyl adjacent to an activating group) is 1. The van der Waals surface area contributed by atoms with Gasteiger partial charge in [0.2, 0.25) is 0 Å². The standard InChI is InChI=1S/C15H23NO3/c1-5-16(6-2)9-10-19-14-8-7-13(12(3)17)11-15(14)18-4/h7-8,11H,5-6,9-10H2,1-4H3/p+1. The first-order chi connectivity index (χ1) is 9.12. The van der Waals surface area contributed by atoms with Crippen molar-refractivity contribution in [1.82, 2.24) is 0 Å². The smallest absolute Gasteiger partial charge is 0.161 e. The topological polar surface area (TPSA) is 40.0 Å². The molecule has 0 aromatic heterocycles. The van der Waals surface area contributed by atoms with Gasteiger partial charge in [0.15, 0.2) is 17.3 Å². The monoisotopic (exact) mass is 266 g/mol. The lowest BCUT2D eigenvalue weighted by Crippen LogP contribution is -3.12. The number of carbonyl (C=O) groups is 1. The summed E-state index contributed by atoms with van der Waals surface area (Å²) in [6, 6.07) is 5.29. The third kappa shape index (κ3) is 4.56. The molecule has 0 bridgehead atoms. The summed E-state index contributed by atoms with van der Waals surface area (Å²) in [5.74, 6) is 1.33. The van der Waals surface area contributed by atoms with Crippen LogP contribution in [-0.4, -0.2) is 39.1 Å². The van der Waals surface area contributed by atoms with Crippen molar-refractivity contribution < 1.29 is 19.2 Å². The molecule has 19 heavy (non-hydrogen) atoms. The van der Waals surface area contributed by atoms with E-state index < -0.39 is 0 Å². The van der Waals surface area contributed by atoms with Gasteiger partial charge in [-0.2, -0.15) is 0 Å². The first kappa shape index (κ1) is 15.5. The fourth-order valence-electron chi connectivity index (χ4n) is 1.91. The van der Waals surface area contributed by atoms with Crippen LogP contribution >= 0.6 is 0 Å². The number of benzene rings is 1. The molecule has 1 N–H and O–H groups in total. The number of rotatable bonds is 8. The van der Waals surface area contributed by atoms with Crippen LogP contribution in [-0.2, 0) is 0 Å². The Labute approximate surface area is 115 Å². The molecule has 0 fully saturated rings. The Hall–Kier alpha value is -1.55. The maximum absolute atomic E-state index is 11.3. The average Bonchev–Trinajstić information content (AvgIpc) is 2.43. The van der Waals surface area contributed by atoms with Crippen molar-refractivity contribution >= 4 is 5.78 Å². The van der Waals surface area contributed by atoms with Gasteiger partial charge in [0.05, 0.1) is 20.2 Å². The van der Waals surface area contributed by atoms with E-state index in [1.165, 1.54) is 4.90 Å². The zero-order valence-electron chi connectivity index (χ0n) is 12.3. The summed E-state index contributed by atoms with van der Waals surface area (Å²) < 4.78 is 11.0. The van der Waals surface area contributed by atoms with Crippen molar-refractivity contribution in [3.8, 4) is 11.5 Å². The van der Waals surface area contributed by atoms with Gasteiger partial charge in [0, 0.05) is 5.56 Å². The summed E-state index contributed by atoms with van der Waals surface area (Å²) in [6.45, 7) is 9.68. The first-order valence-corrected chi connectivity index (χ1v) is 6.77. The molecule has 0 unspecified atom stereocenters. The molecule has 0 aliphatic carbocycles. The molecule has 106 valence electrons. The summed E-state index contributed by atoms with van der Waals surface area (Å²) in [6.07, 6.45) is 0. The molecule has 1 aromatic rings. The van der Waals surface area contributed by atoms with Gasteiger partial charge >= 0.3 is 0 Å². The number of ketones is 1. The van der Waals surface area contributed by atoms with Crippen molar-refractivity contribution in [2.75, 3.05) is 33.4 Å². The van der Waals surface area contributed by atoms with Crippen LogP contribution in [0, 0.1) is 0 Å². The normalized spacial score (nSPS) is 10.6. The van der Waals surface area contributed by atoms with Crippen molar-refractivity contribution in [3.63, 3.8) is 0 Å². The van der Waals surface area contributed by atoms with Gasteiger partial charge in [-0.3, -0.25) is 4.79 Å². The maximum Gasteiger partial charge on any atom is 0.161 e. The Morgan fingerprint density at radius 3 is 2.42 bits per heavy atom. The van der Waals surface area contributed by atoms with Crippen LogP contribution in [0.2, 0.25) is 0 Å². The molecule has 1 rings (SSSR count). The highest BCUT2D eigenvalue weighted by Crippen LogP contribution is 2.28. The van der Waals surface area contributed by atoms with E-state index in [0.29, 0.717) is 23.7 Å². The highest BCUT2D eigenvalue weighted by molar-refractivity contribution is 5.94. The predicted molar refractivity (Wildman–Crippen MR) is 75.4 cm³/mol. The third-order valence-electron chi connectivity index (χ3n) is 3.28. The van der Waals surface area contributed by atoms with Crippen LogP contribution in [0.1, 0.15) is 31.1 Å². The number of nitrogens with one attached hydrogen (secondary N) is 1. The van der Waals surface area contributed by atoms with Crippen LogP contribution in [0.3, 0.4) is 0 Å². The lowest BCUT2D eigenvalue weighted by atomic mass is 10.1. The Bertz CT molecular complexity index is 414. The van der Waals surface area contributed by atoms with Crippen LogP contribution in [0.5, 0.6) is 11.5 Å². The van der Waals surface area contributed by atoms with E-state index in [1.54, 1.807) is 32.2 Å². The van der Waals surface area contributed by atoms with E-state index in [2.05, 4.69) is 13.8 Å². The number of Topliss-reactive ketones (excluding diaryl/α,β-unsaturated/α-hetero) is 1. The number of ether oxygens (including phenoxy) is 2. The van der Waals surface area contributed by atoms with Gasteiger partial charge in [-0.05, 0) is 39.0 Å². The Balaban J connectivity index is 2.65. The maximum atomic E-state index is 11.3. The zero-order valence-corrected chi connectivity index (χ0v) is 12.3. The summed E-state index contributed by atoms with van der Waals surface area (Å²) >= 11 is 0. The van der Waals surface area contributed by atoms with Crippen molar-refractivity contribution in [3.05, 3.63) is 23.8 Å². The summed E-state index contributed by atoms with van der Waals surface area (Å²) in [4.78, 5) is 12.8. The largest absolute Gasteiger partial charge is 0.493 e. The van der Waals surface area contributed by atoms with Crippen molar-refractivity contribution in [2.24, 2.45) is 0 Å². The van der Waals surface area contributed by atoms with Gasteiger partial charge < -0.3 is 14.4 Å². The van der Waals surface area contributed by atoms with E-state index in [-0.39, 0.29) is 5.78 Å². The zero-order chi connectivity index (χ0) is 14.3. The minimum Gasteiger partial charge on any atom is -0.493 e. The lowest BCUT2D eigenvalue weighted by Gasteiger charge is -2.16. The van der Waals surface area contributed by atoms with Gasteiger partial charge in [0.25, 0.3) is 0 Å². The fourth-order valence-corrected chi connectivity index (χ4v) is 1.91. The summed E-state index contributed by atoms with van der Waals surface area (Å²) in [5, 5.41) is 0. The van der Waals surface area contributed by atoms with Crippen molar-refractivity contribution in [2.45, 2.75) is 20.8 Å². The number of hydrogen-bond acceptors (Lipinski definition) is 3. The molecule has 0 heterocycles. The molecule has 0 aliphatic heterocycles. The quantitative estimate of drug-likeness (QED) is 0.719. The van der Waals surface area contributed by atoms with E-state index in [1.807, 2.05) is 0 Å². The van der Waals surface area contributed by atoms with Gasteiger partial charge in [-0.1, -0.05) is 0 Å². The van der Waals surface area contributed by atoms with E-state index >= 15 is 0 Å². The van der Waals surface area contributed by atoms with Crippen LogP contribution in [0.4, 0.5) is 0 Å². The lowest BCUT2D eigenvalue weighted by molar-refractivity contribution is -0.896. The fraction of sp³-hybridized carbons (Fsp3) is 0.533. The van der Waals surface area contributed by atoms with Crippen LogP contribution in [0.25, 0.3) is 0 Å². The van der Waals surface area contributed by atoms with E-state index in [9.17, 15) is 4.79 Å². The average molecular weight is 266 g/mol. The highest BCUT2D eigenvalue weighted by atomic mass is 16.5. The molecule has 0 spiro atoms. The molecular weight excluding hydrogens is 242 g/mol. The Morgan fingerprint density at radius 1 is 1.21 bits per heavy atom. The van der Waals surface area contributed by atoms with E-state index in [0.717, 1.165) is 19.6 Å². The minimum atomic E-state index is 0.0254. The Morgan fingerprint density at radius 2 is 1.89 bits per heavy atom. The second-order valence-corrected chi connectivity index (χ2v) is 4.48. The van der Waals surface area contributed by atoms with Crippen LogP contribution < -0.4 is 14.4 Å². The molecule has 4 heteroatoms. The molecule has 0 aliphatic rings. The highest BCUT2D eigenvalue weighted by Gasteiger charge is 2.09. The molecular formula is C15H24NO3+. The van der Waals surface area contributed by atoms with Gasteiger partial charge in [0.1, 0.15) is 13.2 Å². The minimum absolute atomic E-state index is 0.0254. The molecule has 0 radical (unpaired) electrons. The van der Waals surface area contributed by atoms with Gasteiger partial charge in [-0.15, -0.1) is 0 Å². The number of carbonyl (C=O) groups excluding carboxylic acids is 1. The molecule has 0 atom stereocenters. The number of methoxy groups -OCH3 is 1. The second kappa shape index (κ2) is 7.79.